The van der Waals surface area contributed by atoms with Crippen LogP contribution in [0.2, 0.25) is 0 Å². The predicted molar refractivity (Wildman–Crippen MR) is 105 cm³/mol. The summed E-state index contributed by atoms with van der Waals surface area (Å²) in [5, 5.41) is 0. The van der Waals surface area contributed by atoms with Crippen LogP contribution < -0.4 is 4.74 Å². The largest absolute Gasteiger partial charge is 0.494 e. The van der Waals surface area contributed by atoms with E-state index in [9.17, 15) is 0 Å². The Morgan fingerprint density at radius 1 is 0.880 bits per heavy atom. The molecule has 2 aromatic carbocycles. The molecule has 0 amide bonds. The molecule has 3 rings (SSSR count). The Morgan fingerprint density at radius 3 is 2.16 bits per heavy atom. The van der Waals surface area contributed by atoms with Crippen LogP contribution in [-0.2, 0) is 0 Å². The summed E-state index contributed by atoms with van der Waals surface area (Å²) >= 11 is 0. The summed E-state index contributed by atoms with van der Waals surface area (Å²) in [5.41, 5.74) is 3.47. The van der Waals surface area contributed by atoms with Gasteiger partial charge in [-0.3, -0.25) is 4.90 Å². The number of piperidine rings is 1. The third-order valence-electron chi connectivity index (χ3n) is 4.47. The first-order valence-corrected chi connectivity index (χ1v) is 9.19. The quantitative estimate of drug-likeness (QED) is 0.730. The van der Waals surface area contributed by atoms with Crippen LogP contribution in [0.3, 0.4) is 0 Å². The third kappa shape index (κ3) is 5.37. The molecule has 0 N–H and O–H groups in total. The van der Waals surface area contributed by atoms with Crippen LogP contribution in [0.5, 0.6) is 5.75 Å². The highest BCUT2D eigenvalue weighted by atomic mass is 16.5. The molecule has 2 aromatic rings. The van der Waals surface area contributed by atoms with Crippen molar-refractivity contribution in [2.75, 3.05) is 26.2 Å². The fourth-order valence-corrected chi connectivity index (χ4v) is 3.05. The Kier molecular flexibility index (Phi) is 6.54. The van der Waals surface area contributed by atoms with E-state index < -0.39 is 0 Å². The first kappa shape index (κ1) is 17.6. The van der Waals surface area contributed by atoms with Gasteiger partial charge < -0.3 is 4.74 Å². The van der Waals surface area contributed by atoms with Crippen molar-refractivity contribution in [2.45, 2.75) is 25.7 Å². The first-order chi connectivity index (χ1) is 12.3. The normalized spacial score (nSPS) is 14.6. The van der Waals surface area contributed by atoms with Gasteiger partial charge in [0.15, 0.2) is 0 Å². The van der Waals surface area contributed by atoms with Gasteiger partial charge in [0, 0.05) is 5.56 Å². The second-order valence-electron chi connectivity index (χ2n) is 6.44. The molecule has 25 heavy (non-hydrogen) atoms. The molecular weight excluding hydrogens is 306 g/mol. The van der Waals surface area contributed by atoms with Crippen LogP contribution in [0, 0.1) is 18.8 Å². The lowest BCUT2D eigenvalue weighted by atomic mass is 10.0. The van der Waals surface area contributed by atoms with Crippen molar-refractivity contribution >= 4 is 0 Å². The Morgan fingerprint density at radius 2 is 1.52 bits per heavy atom. The van der Waals surface area contributed by atoms with E-state index in [1.807, 2.05) is 12.1 Å². The Hall–Kier alpha value is -2.24. The van der Waals surface area contributed by atoms with Gasteiger partial charge in [0.2, 0.25) is 0 Å². The zero-order valence-corrected chi connectivity index (χ0v) is 14.8. The molecular formula is C23H26NO. The smallest absolute Gasteiger partial charge is 0.119 e. The average molecular weight is 332 g/mol. The lowest BCUT2D eigenvalue weighted by molar-refractivity contribution is 0.255. The topological polar surface area (TPSA) is 12.5 Å². The molecule has 0 aromatic heterocycles. The first-order valence-electron chi connectivity index (χ1n) is 9.19. The second-order valence-corrected chi connectivity index (χ2v) is 6.44. The fourth-order valence-electron chi connectivity index (χ4n) is 3.05. The molecule has 0 spiro atoms. The monoisotopic (exact) mass is 332 g/mol. The molecule has 0 atom stereocenters. The molecule has 2 heteroatoms. The molecule has 1 radical (unpaired) electrons. The van der Waals surface area contributed by atoms with Crippen molar-refractivity contribution in [2.24, 2.45) is 0 Å². The van der Waals surface area contributed by atoms with Gasteiger partial charge in [0.05, 0.1) is 13.2 Å². The molecule has 0 aliphatic carbocycles. The number of ether oxygens (including phenoxy) is 1. The molecule has 1 aliphatic rings. The minimum Gasteiger partial charge on any atom is -0.494 e. The van der Waals surface area contributed by atoms with Gasteiger partial charge in [0.25, 0.3) is 0 Å². The maximum absolute atomic E-state index is 5.57. The Labute approximate surface area is 151 Å². The van der Waals surface area contributed by atoms with E-state index in [0.29, 0.717) is 6.61 Å². The summed E-state index contributed by atoms with van der Waals surface area (Å²) in [5.74, 6) is 7.49. The van der Waals surface area contributed by atoms with Gasteiger partial charge in [0.1, 0.15) is 5.75 Å². The van der Waals surface area contributed by atoms with Gasteiger partial charge in [-0.1, -0.05) is 42.5 Å². The zero-order chi connectivity index (χ0) is 17.3. The standard InChI is InChI=1S/C23H26NO/c1-2-19-25-23-14-12-22(13-15-23)21-10-8-20(9-11-21)7-6-18-24-16-4-3-5-17-24/h8-15H,1-5,16-19H2. The zero-order valence-electron chi connectivity index (χ0n) is 14.8. The molecule has 0 saturated carbocycles. The van der Waals surface area contributed by atoms with Crippen molar-refractivity contribution in [1.82, 2.24) is 4.90 Å². The van der Waals surface area contributed by atoms with E-state index in [1.165, 1.54) is 43.5 Å². The summed E-state index contributed by atoms with van der Waals surface area (Å²) in [6.45, 7) is 7.72. The highest BCUT2D eigenvalue weighted by molar-refractivity contribution is 5.65. The van der Waals surface area contributed by atoms with E-state index >= 15 is 0 Å². The van der Waals surface area contributed by atoms with Crippen molar-refractivity contribution in [3.8, 4) is 28.7 Å². The number of hydrogen-bond acceptors (Lipinski definition) is 2. The number of nitrogens with zero attached hydrogens (tertiary/aromatic N) is 1. The van der Waals surface area contributed by atoms with Crippen molar-refractivity contribution in [3.05, 3.63) is 61.0 Å². The molecule has 2 nitrogen and oxygen atoms in total. The summed E-state index contributed by atoms with van der Waals surface area (Å²) < 4.78 is 5.57. The number of hydrogen-bond donors (Lipinski definition) is 0. The third-order valence-corrected chi connectivity index (χ3v) is 4.47. The highest BCUT2D eigenvalue weighted by Gasteiger charge is 2.07. The maximum Gasteiger partial charge on any atom is 0.119 e. The Balaban J connectivity index is 1.58. The Bertz CT molecular complexity index is 700. The minimum absolute atomic E-state index is 0.657. The van der Waals surface area contributed by atoms with Crippen molar-refractivity contribution in [1.29, 1.82) is 0 Å². The van der Waals surface area contributed by atoms with Crippen LogP contribution >= 0.6 is 0 Å². The van der Waals surface area contributed by atoms with E-state index in [2.05, 4.69) is 60.1 Å². The minimum atomic E-state index is 0.657. The van der Waals surface area contributed by atoms with Crippen LogP contribution in [-0.4, -0.2) is 31.1 Å². The summed E-state index contributed by atoms with van der Waals surface area (Å²) in [4.78, 5) is 2.45. The van der Waals surface area contributed by atoms with E-state index in [4.69, 9.17) is 4.74 Å². The lowest BCUT2D eigenvalue weighted by Gasteiger charge is -2.23. The van der Waals surface area contributed by atoms with E-state index in [1.54, 1.807) is 0 Å². The highest BCUT2D eigenvalue weighted by Crippen LogP contribution is 2.22. The van der Waals surface area contributed by atoms with Crippen LogP contribution in [0.25, 0.3) is 11.1 Å². The molecule has 1 heterocycles. The SMILES string of the molecule is [CH2]CCOc1ccc(-c2ccc(C#CCN3CCCCC3)cc2)cc1. The van der Waals surface area contributed by atoms with Gasteiger partial charge in [-0.05, 0) is 74.7 Å². The van der Waals surface area contributed by atoms with Crippen LogP contribution in [0.4, 0.5) is 0 Å². The summed E-state index contributed by atoms with van der Waals surface area (Å²) in [7, 11) is 0. The van der Waals surface area contributed by atoms with Crippen molar-refractivity contribution in [3.63, 3.8) is 0 Å². The van der Waals surface area contributed by atoms with Gasteiger partial charge in [-0.15, -0.1) is 0 Å². The fraction of sp³-hybridized carbons (Fsp3) is 0.348. The molecule has 0 unspecified atom stereocenters. The second kappa shape index (κ2) is 9.30. The van der Waals surface area contributed by atoms with Crippen LogP contribution in [0.1, 0.15) is 31.2 Å². The molecule has 1 aliphatic heterocycles. The maximum atomic E-state index is 5.57. The average Bonchev–Trinajstić information content (AvgIpc) is 2.68. The van der Waals surface area contributed by atoms with Gasteiger partial charge in [-0.2, -0.15) is 0 Å². The van der Waals surface area contributed by atoms with Crippen molar-refractivity contribution < 1.29 is 4.74 Å². The summed E-state index contributed by atoms with van der Waals surface area (Å²) in [6.07, 6.45) is 4.78. The van der Waals surface area contributed by atoms with E-state index in [0.717, 1.165) is 24.3 Å². The molecule has 0 bridgehead atoms. The number of benzene rings is 2. The molecule has 1 fully saturated rings. The number of rotatable bonds is 5. The number of likely N-dealkylation sites (tertiary alicyclic amines) is 1. The lowest BCUT2D eigenvalue weighted by Crippen LogP contribution is -2.29. The van der Waals surface area contributed by atoms with Gasteiger partial charge >= 0.3 is 0 Å². The molecule has 129 valence electrons. The van der Waals surface area contributed by atoms with Crippen LogP contribution in [0.15, 0.2) is 48.5 Å². The van der Waals surface area contributed by atoms with Gasteiger partial charge in [-0.25, -0.2) is 0 Å². The predicted octanol–water partition coefficient (Wildman–Crippen LogP) is 4.79. The molecule has 1 saturated heterocycles. The summed E-state index contributed by atoms with van der Waals surface area (Å²) in [6, 6.07) is 16.7. The van der Waals surface area contributed by atoms with E-state index in [-0.39, 0.29) is 0 Å².